The van der Waals surface area contributed by atoms with Gasteiger partial charge in [0.15, 0.2) is 0 Å². The summed E-state index contributed by atoms with van der Waals surface area (Å²) < 4.78 is 1.63. The predicted molar refractivity (Wildman–Crippen MR) is 71.9 cm³/mol. The second-order valence-corrected chi connectivity index (χ2v) is 5.04. The van der Waals surface area contributed by atoms with Gasteiger partial charge >= 0.3 is 5.97 Å². The fourth-order valence-corrected chi connectivity index (χ4v) is 2.75. The number of carbonyl (C=O) groups is 1. The molecule has 0 bridgehead atoms. The highest BCUT2D eigenvalue weighted by Gasteiger charge is 2.32. The second kappa shape index (κ2) is 5.05. The molecule has 1 aliphatic heterocycles. The summed E-state index contributed by atoms with van der Waals surface area (Å²) in [7, 11) is 1.80. The van der Waals surface area contributed by atoms with Gasteiger partial charge in [-0.15, -0.1) is 5.10 Å². The molecule has 0 radical (unpaired) electrons. The van der Waals surface area contributed by atoms with Crippen LogP contribution in [0.1, 0.15) is 22.9 Å². The number of rotatable bonds is 3. The van der Waals surface area contributed by atoms with Crippen LogP contribution in [0, 0.1) is 0 Å². The Balaban J connectivity index is 1.90. The van der Waals surface area contributed by atoms with Crippen molar-refractivity contribution in [2.75, 3.05) is 6.54 Å². The Bertz CT molecular complexity index is 638. The predicted octanol–water partition coefficient (Wildman–Crippen LogP) is 0.999. The lowest BCUT2D eigenvalue weighted by Gasteiger charge is -2.34. The van der Waals surface area contributed by atoms with E-state index < -0.39 is 12.0 Å². The van der Waals surface area contributed by atoms with Gasteiger partial charge in [-0.2, -0.15) is 0 Å². The number of nitrogens with zero attached hydrogens (tertiary/aromatic N) is 4. The molecule has 0 spiro atoms. The lowest BCUT2D eigenvalue weighted by molar-refractivity contribution is -0.144. The van der Waals surface area contributed by atoms with Crippen LogP contribution >= 0.6 is 0 Å². The van der Waals surface area contributed by atoms with Gasteiger partial charge in [-0.3, -0.25) is 14.4 Å². The number of carboxylic acid groups (broad SMARTS) is 1. The third-order valence-corrected chi connectivity index (χ3v) is 3.63. The van der Waals surface area contributed by atoms with E-state index in [9.17, 15) is 9.90 Å². The number of fused-ring (bicyclic) bond motifs is 1. The zero-order valence-corrected chi connectivity index (χ0v) is 11.2. The summed E-state index contributed by atoms with van der Waals surface area (Å²) in [4.78, 5) is 13.6. The van der Waals surface area contributed by atoms with Crippen molar-refractivity contribution < 1.29 is 9.90 Å². The molecule has 1 aromatic heterocycles. The van der Waals surface area contributed by atoms with Crippen LogP contribution in [0.4, 0.5) is 0 Å². The SMILES string of the molecule is Cn1cc(CN2CCc3ccccc3C2C(=O)O)nn1. The van der Waals surface area contributed by atoms with Crippen LogP contribution in [0.3, 0.4) is 0 Å². The van der Waals surface area contributed by atoms with E-state index in [1.54, 1.807) is 11.7 Å². The van der Waals surface area contributed by atoms with Crippen LogP contribution < -0.4 is 0 Å². The molecule has 1 unspecified atom stereocenters. The van der Waals surface area contributed by atoms with E-state index in [2.05, 4.69) is 10.3 Å². The lowest BCUT2D eigenvalue weighted by Crippen LogP contribution is -2.39. The first kappa shape index (κ1) is 12.8. The van der Waals surface area contributed by atoms with E-state index in [1.807, 2.05) is 35.4 Å². The van der Waals surface area contributed by atoms with Gasteiger partial charge in [0, 0.05) is 26.3 Å². The summed E-state index contributed by atoms with van der Waals surface area (Å²) in [6.07, 6.45) is 2.68. The molecule has 6 heteroatoms. The van der Waals surface area contributed by atoms with Crippen molar-refractivity contribution in [2.24, 2.45) is 7.05 Å². The van der Waals surface area contributed by atoms with Gasteiger partial charge in [0.2, 0.25) is 0 Å². The highest BCUT2D eigenvalue weighted by Crippen LogP contribution is 2.30. The van der Waals surface area contributed by atoms with Gasteiger partial charge in [0.25, 0.3) is 0 Å². The summed E-state index contributed by atoms with van der Waals surface area (Å²) in [6.45, 7) is 1.21. The van der Waals surface area contributed by atoms with Crippen LogP contribution in [0.2, 0.25) is 0 Å². The van der Waals surface area contributed by atoms with Crippen LogP contribution in [0.15, 0.2) is 30.5 Å². The number of aryl methyl sites for hydroxylation is 1. The standard InChI is InChI=1S/C14H16N4O2/c1-17-8-11(15-16-17)9-18-7-6-10-4-2-3-5-12(10)13(18)14(19)20/h2-5,8,13H,6-7,9H2,1H3,(H,19,20). The summed E-state index contributed by atoms with van der Waals surface area (Å²) in [5.74, 6) is -0.818. The minimum atomic E-state index is -0.818. The highest BCUT2D eigenvalue weighted by atomic mass is 16.4. The van der Waals surface area contributed by atoms with Gasteiger partial charge in [-0.05, 0) is 17.5 Å². The number of hydrogen-bond donors (Lipinski definition) is 1. The molecule has 1 atom stereocenters. The largest absolute Gasteiger partial charge is 0.480 e. The number of carboxylic acids is 1. The molecule has 1 aliphatic rings. The molecule has 0 fully saturated rings. The first-order valence-corrected chi connectivity index (χ1v) is 6.55. The van der Waals surface area contributed by atoms with Gasteiger partial charge in [-0.1, -0.05) is 29.5 Å². The molecule has 1 aromatic carbocycles. The average molecular weight is 272 g/mol. The van der Waals surface area contributed by atoms with Crippen LogP contribution in [-0.4, -0.2) is 37.5 Å². The normalized spacial score (nSPS) is 18.8. The first-order chi connectivity index (χ1) is 9.65. The quantitative estimate of drug-likeness (QED) is 0.902. The maximum Gasteiger partial charge on any atom is 0.325 e. The number of aromatic nitrogens is 3. The van der Waals surface area contributed by atoms with Gasteiger partial charge in [0.1, 0.15) is 6.04 Å². The highest BCUT2D eigenvalue weighted by molar-refractivity contribution is 5.76. The zero-order chi connectivity index (χ0) is 14.1. The van der Waals surface area contributed by atoms with Crippen molar-refractivity contribution in [3.8, 4) is 0 Å². The van der Waals surface area contributed by atoms with Crippen molar-refractivity contribution in [3.05, 3.63) is 47.3 Å². The summed E-state index contributed by atoms with van der Waals surface area (Å²) in [5, 5.41) is 17.5. The smallest absolute Gasteiger partial charge is 0.325 e. The average Bonchev–Trinajstić information content (AvgIpc) is 2.83. The lowest BCUT2D eigenvalue weighted by atomic mass is 9.92. The fourth-order valence-electron chi connectivity index (χ4n) is 2.75. The molecule has 1 N–H and O–H groups in total. The van der Waals surface area contributed by atoms with Crippen molar-refractivity contribution >= 4 is 5.97 Å². The Morgan fingerprint density at radius 3 is 2.95 bits per heavy atom. The van der Waals surface area contributed by atoms with E-state index in [-0.39, 0.29) is 0 Å². The Hall–Kier alpha value is -2.21. The van der Waals surface area contributed by atoms with Crippen LogP contribution in [0.25, 0.3) is 0 Å². The fraction of sp³-hybridized carbons (Fsp3) is 0.357. The minimum absolute atomic E-state index is 0.499. The Labute approximate surface area is 116 Å². The van der Waals surface area contributed by atoms with E-state index >= 15 is 0 Å². The number of benzene rings is 1. The van der Waals surface area contributed by atoms with E-state index in [4.69, 9.17) is 0 Å². The van der Waals surface area contributed by atoms with E-state index in [1.165, 1.54) is 0 Å². The Kier molecular flexibility index (Phi) is 3.23. The molecule has 3 rings (SSSR count). The maximum absolute atomic E-state index is 11.6. The zero-order valence-electron chi connectivity index (χ0n) is 11.2. The van der Waals surface area contributed by atoms with Gasteiger partial charge in [0.05, 0.1) is 5.69 Å². The van der Waals surface area contributed by atoms with E-state index in [0.717, 1.165) is 23.2 Å². The molecule has 2 heterocycles. The molecule has 2 aromatic rings. The summed E-state index contributed by atoms with van der Waals surface area (Å²) in [5.41, 5.74) is 2.79. The molecular formula is C14H16N4O2. The van der Waals surface area contributed by atoms with Crippen molar-refractivity contribution in [2.45, 2.75) is 19.0 Å². The van der Waals surface area contributed by atoms with Crippen LogP contribution in [0.5, 0.6) is 0 Å². The molecule has 20 heavy (non-hydrogen) atoms. The Morgan fingerprint density at radius 2 is 2.25 bits per heavy atom. The Morgan fingerprint density at radius 1 is 1.45 bits per heavy atom. The van der Waals surface area contributed by atoms with E-state index in [0.29, 0.717) is 13.1 Å². The summed E-state index contributed by atoms with van der Waals surface area (Å²) in [6, 6.07) is 7.14. The van der Waals surface area contributed by atoms with Gasteiger partial charge < -0.3 is 5.11 Å². The molecule has 104 valence electrons. The monoisotopic (exact) mass is 272 g/mol. The van der Waals surface area contributed by atoms with Crippen molar-refractivity contribution in [1.82, 2.24) is 19.9 Å². The second-order valence-electron chi connectivity index (χ2n) is 5.04. The number of hydrogen-bond acceptors (Lipinski definition) is 4. The van der Waals surface area contributed by atoms with Crippen LogP contribution in [-0.2, 0) is 24.8 Å². The number of aliphatic carboxylic acids is 1. The molecule has 0 aliphatic carbocycles. The topological polar surface area (TPSA) is 71.2 Å². The molecular weight excluding hydrogens is 256 g/mol. The molecule has 0 saturated heterocycles. The van der Waals surface area contributed by atoms with Gasteiger partial charge in [-0.25, -0.2) is 0 Å². The molecule has 0 saturated carbocycles. The third-order valence-electron chi connectivity index (χ3n) is 3.63. The molecule has 6 nitrogen and oxygen atoms in total. The summed E-state index contributed by atoms with van der Waals surface area (Å²) >= 11 is 0. The first-order valence-electron chi connectivity index (χ1n) is 6.55. The minimum Gasteiger partial charge on any atom is -0.480 e. The third kappa shape index (κ3) is 2.30. The molecule has 0 amide bonds. The van der Waals surface area contributed by atoms with Crippen molar-refractivity contribution in [3.63, 3.8) is 0 Å². The maximum atomic E-state index is 11.6. The van der Waals surface area contributed by atoms with Crippen molar-refractivity contribution in [1.29, 1.82) is 0 Å².